The zero-order valence-corrected chi connectivity index (χ0v) is 41.3. The molecule has 1 aliphatic rings. The number of pyridine rings is 2. The van der Waals surface area contributed by atoms with Crippen LogP contribution >= 0.6 is 11.3 Å². The first-order chi connectivity index (χ1) is 31.9. The van der Waals surface area contributed by atoms with Crippen molar-refractivity contribution in [2.45, 2.75) is 36.7 Å². The molecule has 0 saturated heterocycles. The smallest absolute Gasteiger partial charge is 3.00 e. The van der Waals surface area contributed by atoms with Gasteiger partial charge in [0.25, 0.3) is 0 Å². The summed E-state index contributed by atoms with van der Waals surface area (Å²) in [6, 6.07) is 57.8. The molecule has 0 aliphatic carbocycles. The summed E-state index contributed by atoms with van der Waals surface area (Å²) in [4.78, 5) is 12.4. The van der Waals surface area contributed by atoms with E-state index >= 15 is 4.39 Å². The predicted molar refractivity (Wildman–Crippen MR) is 267 cm³/mol. The molecule has 9 heteroatoms. The maximum absolute atomic E-state index is 15.4. The van der Waals surface area contributed by atoms with Crippen molar-refractivity contribution >= 4 is 99.1 Å². The molecule has 65 heavy (non-hydrogen) atoms. The normalized spacial score (nSPS) is 14.2. The molecule has 0 bridgehead atoms. The molecule has 1 aliphatic heterocycles. The minimum absolute atomic E-state index is 0. The van der Waals surface area contributed by atoms with E-state index in [-0.39, 0.29) is 25.9 Å². The Morgan fingerprint density at radius 2 is 1.55 bits per heavy atom. The fraction of sp³-hybridized carbons (Fsp3) is 0.107. The number of fused-ring (bicyclic) bond motifs is 8. The van der Waals surface area contributed by atoms with E-state index < -0.39 is 25.8 Å². The molecule has 1 atom stereocenters. The molecule has 11 aromatic rings. The largest absolute Gasteiger partial charge is 3.00 e. The summed E-state index contributed by atoms with van der Waals surface area (Å²) in [6.07, 6.45) is -0.133. The molecule has 4 aromatic heterocycles. The van der Waals surface area contributed by atoms with Crippen LogP contribution in [0.4, 0.5) is 21.5 Å². The van der Waals surface area contributed by atoms with E-state index in [1.54, 1.807) is 0 Å². The standard InChI is InChI=1S/C35H20FN3OS.C21H22GeN.Ir/c1-19-13-14-24-31-26(36)16-15-25(33(31)41-35(24)37-19)34-38-27-17-20-7-2-3-8-21(20)18-29(27)39(34)28-11-6-10-23-22-9-4-5-12-30(22)40-32(23)28;1-22(2,3)20-16-23-21(18-12-8-5-9-13-18)15-19(20)14-17-10-6-4-7-11-17;/h2-14,16-18,34H,1H3;4-12,15-16H,14H2,1-3H3;/q-2;-1;+3/i;14D2;. The van der Waals surface area contributed by atoms with E-state index in [1.807, 2.05) is 116 Å². The molecule has 0 fully saturated rings. The van der Waals surface area contributed by atoms with Gasteiger partial charge in [0.1, 0.15) is 10.4 Å². The Balaban J connectivity index is 0.000000175. The molecule has 5 nitrogen and oxygen atoms in total. The third-order valence-corrected chi connectivity index (χ3v) is 17.2. The van der Waals surface area contributed by atoms with E-state index in [0.29, 0.717) is 10.9 Å². The molecule has 12 rings (SSSR count). The number of hydrogen-bond donors (Lipinski definition) is 0. The summed E-state index contributed by atoms with van der Waals surface area (Å²) < 4.78 is 41.5. The number of aryl methyl sites for hydroxylation is 1. The molecule has 0 saturated carbocycles. The van der Waals surface area contributed by atoms with Crippen molar-refractivity contribution in [2.75, 3.05) is 4.90 Å². The van der Waals surface area contributed by atoms with E-state index in [1.165, 1.54) is 17.4 Å². The number of para-hydroxylation sites is 2. The van der Waals surface area contributed by atoms with Gasteiger partial charge in [-0.2, -0.15) is 17.4 Å². The number of anilines is 2. The Bertz CT molecular complexity index is 3650. The monoisotopic (exact) mass is 1110 g/mol. The summed E-state index contributed by atoms with van der Waals surface area (Å²) in [6.45, 7) is 1.95. The molecule has 7 aromatic carbocycles. The molecular formula is C56H42FGeIrN4OS. The first-order valence-corrected chi connectivity index (χ1v) is 29.5. The average Bonchev–Trinajstić information content (AvgIpc) is 4.03. The van der Waals surface area contributed by atoms with Gasteiger partial charge in [-0.15, -0.1) is 17.3 Å². The Kier molecular flexibility index (Phi) is 10.8. The van der Waals surface area contributed by atoms with Crippen LogP contribution in [0.15, 0.2) is 168 Å². The Morgan fingerprint density at radius 1 is 0.800 bits per heavy atom. The summed E-state index contributed by atoms with van der Waals surface area (Å²) in [7, 11) is 0. The number of rotatable bonds is 6. The van der Waals surface area contributed by atoms with Gasteiger partial charge in [0, 0.05) is 28.0 Å². The maximum atomic E-state index is 15.4. The fourth-order valence-electron chi connectivity index (χ4n) is 8.71. The average molecular weight is 1100 g/mol. The second-order valence-corrected chi connectivity index (χ2v) is 28.7. The topological polar surface area (TPSA) is 56.3 Å². The van der Waals surface area contributed by atoms with Crippen LogP contribution in [0, 0.1) is 24.9 Å². The summed E-state index contributed by atoms with van der Waals surface area (Å²) >= 11 is -0.803. The number of furan rings is 1. The second kappa shape index (κ2) is 17.3. The molecule has 1 unspecified atom stereocenters. The zero-order chi connectivity index (χ0) is 45.3. The van der Waals surface area contributed by atoms with Crippen molar-refractivity contribution in [2.24, 2.45) is 0 Å². The van der Waals surface area contributed by atoms with Crippen LogP contribution in [-0.4, -0.2) is 23.2 Å². The van der Waals surface area contributed by atoms with Crippen molar-refractivity contribution < 1.29 is 31.7 Å². The summed E-state index contributed by atoms with van der Waals surface area (Å²) in [5, 5.41) is 11.0. The van der Waals surface area contributed by atoms with Crippen molar-refractivity contribution in [1.29, 1.82) is 0 Å². The number of hydrogen-bond acceptors (Lipinski definition) is 5. The number of halogens is 1. The number of aromatic nitrogens is 2. The van der Waals surface area contributed by atoms with Gasteiger partial charge in [-0.1, -0.05) is 76.8 Å². The fourth-order valence-corrected chi connectivity index (χ4v) is 12.9. The van der Waals surface area contributed by atoms with Crippen molar-refractivity contribution in [3.05, 3.63) is 210 Å². The van der Waals surface area contributed by atoms with Crippen molar-refractivity contribution in [3.63, 3.8) is 0 Å². The summed E-state index contributed by atoms with van der Waals surface area (Å²) in [5.41, 5.74) is 9.18. The quantitative estimate of drug-likeness (QED) is 0.123. The van der Waals surface area contributed by atoms with Crippen LogP contribution < -0.4 is 9.30 Å². The first-order valence-electron chi connectivity index (χ1n) is 22.3. The van der Waals surface area contributed by atoms with Gasteiger partial charge in [-0.05, 0) is 53.5 Å². The third kappa shape index (κ3) is 7.93. The van der Waals surface area contributed by atoms with E-state index in [0.717, 1.165) is 97.2 Å². The zero-order valence-electron chi connectivity index (χ0n) is 38.0. The van der Waals surface area contributed by atoms with Gasteiger partial charge in [0.2, 0.25) is 0 Å². The van der Waals surface area contributed by atoms with Gasteiger partial charge in [-0.25, -0.2) is 4.98 Å². The molecule has 318 valence electrons. The first kappa shape index (κ1) is 40.4. The van der Waals surface area contributed by atoms with Crippen LogP contribution in [0.25, 0.3) is 69.6 Å². The molecular weight excluding hydrogens is 1060 g/mol. The van der Waals surface area contributed by atoms with Gasteiger partial charge >= 0.3 is 164 Å². The Morgan fingerprint density at radius 3 is 2.35 bits per heavy atom. The van der Waals surface area contributed by atoms with E-state index in [4.69, 9.17) is 17.5 Å². The van der Waals surface area contributed by atoms with Crippen LogP contribution in [0.1, 0.15) is 31.3 Å². The summed E-state index contributed by atoms with van der Waals surface area (Å²) in [5.74, 6) is 6.52. The molecule has 0 amide bonds. The maximum Gasteiger partial charge on any atom is 3.00 e. The number of nitrogens with zero attached hydrogens (tertiary/aromatic N) is 4. The third-order valence-electron chi connectivity index (χ3n) is 11.8. The SMILES string of the molecule is Cc1ccc2c(n1)sc1c(C3[N-]c4cc5ccccc5cc4N3c3cccc4c3oc3ccccc34)[c-]cc(F)c12.[2H]C([2H])(c1ccccc1)c1cc(-c2[c-]cccc2)nc[c]1[Ge]([CH3])([CH3])[CH3].[Ir+3]. The Labute approximate surface area is 400 Å². The minimum atomic E-state index is -2.30. The molecule has 0 spiro atoms. The van der Waals surface area contributed by atoms with Crippen LogP contribution in [0.5, 0.6) is 0 Å². The molecule has 0 radical (unpaired) electrons. The van der Waals surface area contributed by atoms with Crippen LogP contribution in [0.3, 0.4) is 0 Å². The predicted octanol–water partition coefficient (Wildman–Crippen LogP) is 15.3. The van der Waals surface area contributed by atoms with E-state index in [9.17, 15) is 0 Å². The Hall–Kier alpha value is -6.16. The van der Waals surface area contributed by atoms with Crippen molar-refractivity contribution in [3.8, 4) is 11.3 Å². The van der Waals surface area contributed by atoms with Gasteiger partial charge in [0.05, 0.1) is 5.69 Å². The van der Waals surface area contributed by atoms with Gasteiger partial charge in [-0.3, -0.25) is 4.39 Å². The number of benzene rings is 7. The minimum Gasteiger partial charge on any atom is 3.00 e. The molecule has 5 heterocycles. The van der Waals surface area contributed by atoms with Crippen LogP contribution in [-0.2, 0) is 26.5 Å². The van der Waals surface area contributed by atoms with Crippen LogP contribution in [0.2, 0.25) is 17.3 Å². The second-order valence-electron chi connectivity index (χ2n) is 17.1. The number of thiophene rings is 1. The van der Waals surface area contributed by atoms with Gasteiger partial charge in [0.15, 0.2) is 5.58 Å². The van der Waals surface area contributed by atoms with Gasteiger partial charge < -0.3 is 14.6 Å². The molecule has 0 N–H and O–H groups in total. The van der Waals surface area contributed by atoms with E-state index in [2.05, 4.69) is 87.8 Å². The van der Waals surface area contributed by atoms with Crippen molar-refractivity contribution in [1.82, 2.24) is 9.97 Å².